The molecule has 1 N–H and O–H groups in total. The van der Waals surface area contributed by atoms with E-state index in [4.69, 9.17) is 4.52 Å². The average molecular weight is 469 g/mol. The van der Waals surface area contributed by atoms with Gasteiger partial charge in [-0.3, -0.25) is 9.59 Å². The molecule has 0 saturated heterocycles. The van der Waals surface area contributed by atoms with E-state index in [-0.39, 0.29) is 35.5 Å². The highest BCUT2D eigenvalue weighted by Crippen LogP contribution is 2.20. The number of pyridine rings is 1. The molecule has 0 aliphatic carbocycles. The van der Waals surface area contributed by atoms with Gasteiger partial charge in [-0.25, -0.2) is 4.39 Å². The SMILES string of the molecule is O=C(Cn1cccc(-c2nc(-c3ccc(F)cc3)no2)c1=O)Nc1cccc(Br)c1. The summed E-state index contributed by atoms with van der Waals surface area (Å²) < 4.78 is 20.4. The first-order chi connectivity index (χ1) is 14.5. The summed E-state index contributed by atoms with van der Waals surface area (Å²) in [6, 6.07) is 15.9. The number of nitrogens with zero attached hydrogens (tertiary/aromatic N) is 3. The molecule has 1 amide bonds. The lowest BCUT2D eigenvalue weighted by Crippen LogP contribution is -2.28. The summed E-state index contributed by atoms with van der Waals surface area (Å²) in [6.45, 7) is -0.182. The average Bonchev–Trinajstić information content (AvgIpc) is 3.20. The van der Waals surface area contributed by atoms with Crippen LogP contribution in [0.15, 0.2) is 80.7 Å². The third-order valence-electron chi connectivity index (χ3n) is 4.20. The highest BCUT2D eigenvalue weighted by atomic mass is 79.9. The molecular weight excluding hydrogens is 455 g/mol. The summed E-state index contributed by atoms with van der Waals surface area (Å²) in [5, 5.41) is 6.58. The minimum atomic E-state index is -0.448. The van der Waals surface area contributed by atoms with E-state index in [9.17, 15) is 14.0 Å². The van der Waals surface area contributed by atoms with E-state index in [0.29, 0.717) is 11.3 Å². The van der Waals surface area contributed by atoms with E-state index < -0.39 is 5.56 Å². The Bertz CT molecular complexity index is 1270. The molecular formula is C21H14BrFN4O3. The maximum absolute atomic E-state index is 13.1. The normalized spacial score (nSPS) is 10.7. The Labute approximate surface area is 178 Å². The van der Waals surface area contributed by atoms with Crippen LogP contribution in [0.4, 0.5) is 10.1 Å². The fourth-order valence-electron chi connectivity index (χ4n) is 2.79. The Morgan fingerprint density at radius 3 is 2.70 bits per heavy atom. The number of aromatic nitrogens is 3. The van der Waals surface area contributed by atoms with Crippen molar-refractivity contribution in [2.24, 2.45) is 0 Å². The summed E-state index contributed by atoms with van der Waals surface area (Å²) in [6.07, 6.45) is 1.50. The van der Waals surface area contributed by atoms with Crippen LogP contribution in [0.2, 0.25) is 0 Å². The molecule has 0 aliphatic rings. The zero-order valence-electron chi connectivity index (χ0n) is 15.4. The largest absolute Gasteiger partial charge is 0.333 e. The van der Waals surface area contributed by atoms with Crippen molar-refractivity contribution in [3.8, 4) is 22.8 Å². The molecule has 0 atom stereocenters. The first kappa shape index (κ1) is 19.7. The maximum atomic E-state index is 13.1. The second kappa shape index (κ2) is 8.42. The van der Waals surface area contributed by atoms with Gasteiger partial charge in [0.25, 0.3) is 11.4 Å². The first-order valence-electron chi connectivity index (χ1n) is 8.84. The van der Waals surface area contributed by atoms with Crippen molar-refractivity contribution in [2.75, 3.05) is 5.32 Å². The van der Waals surface area contributed by atoms with Crippen molar-refractivity contribution < 1.29 is 13.7 Å². The predicted octanol–water partition coefficient (Wildman–Crippen LogP) is 4.11. The Kier molecular flexibility index (Phi) is 5.53. The highest BCUT2D eigenvalue weighted by Gasteiger charge is 2.16. The molecule has 150 valence electrons. The zero-order valence-corrected chi connectivity index (χ0v) is 17.0. The van der Waals surface area contributed by atoms with Gasteiger partial charge in [-0.2, -0.15) is 4.98 Å². The van der Waals surface area contributed by atoms with Gasteiger partial charge in [0.1, 0.15) is 17.9 Å². The Balaban J connectivity index is 1.55. The van der Waals surface area contributed by atoms with Crippen LogP contribution in [0.25, 0.3) is 22.8 Å². The summed E-state index contributed by atoms with van der Waals surface area (Å²) in [5.41, 5.74) is 0.875. The molecule has 0 radical (unpaired) electrons. The molecule has 4 rings (SSSR count). The van der Waals surface area contributed by atoms with Gasteiger partial charge in [0.05, 0.1) is 0 Å². The van der Waals surface area contributed by atoms with Crippen LogP contribution in [0.1, 0.15) is 0 Å². The molecule has 4 aromatic rings. The third kappa shape index (κ3) is 4.36. The van der Waals surface area contributed by atoms with Crippen LogP contribution in [0.3, 0.4) is 0 Å². The molecule has 2 heterocycles. The standard InChI is InChI=1S/C21H14BrFN4O3/c22-14-3-1-4-16(11-14)24-18(28)12-27-10-2-5-17(21(27)29)20-25-19(26-30-20)13-6-8-15(23)9-7-13/h1-11H,12H2,(H,24,28). The van der Waals surface area contributed by atoms with Gasteiger partial charge in [0, 0.05) is 21.9 Å². The fourth-order valence-corrected chi connectivity index (χ4v) is 3.19. The predicted molar refractivity (Wildman–Crippen MR) is 112 cm³/mol. The molecule has 0 bridgehead atoms. The minimum absolute atomic E-state index is 0.0149. The fraction of sp³-hybridized carbons (Fsp3) is 0.0476. The molecule has 0 unspecified atom stereocenters. The van der Waals surface area contributed by atoms with E-state index in [1.165, 1.54) is 41.1 Å². The van der Waals surface area contributed by atoms with Gasteiger partial charge < -0.3 is 14.4 Å². The number of amides is 1. The minimum Gasteiger partial charge on any atom is -0.333 e. The number of nitrogens with one attached hydrogen (secondary N) is 1. The van der Waals surface area contributed by atoms with E-state index in [1.807, 2.05) is 6.07 Å². The molecule has 0 fully saturated rings. The van der Waals surface area contributed by atoms with Gasteiger partial charge in [-0.05, 0) is 54.6 Å². The Hall–Kier alpha value is -3.59. The number of halogens is 2. The molecule has 9 heteroatoms. The van der Waals surface area contributed by atoms with Crippen molar-refractivity contribution >= 4 is 27.5 Å². The quantitative estimate of drug-likeness (QED) is 0.475. The van der Waals surface area contributed by atoms with Gasteiger partial charge in [-0.15, -0.1) is 0 Å². The van der Waals surface area contributed by atoms with Crippen LogP contribution in [-0.2, 0) is 11.3 Å². The number of carbonyl (C=O) groups excluding carboxylic acids is 1. The molecule has 2 aromatic carbocycles. The van der Waals surface area contributed by atoms with E-state index >= 15 is 0 Å². The van der Waals surface area contributed by atoms with Crippen molar-refractivity contribution in [3.63, 3.8) is 0 Å². The first-order valence-corrected chi connectivity index (χ1v) is 9.64. The van der Waals surface area contributed by atoms with Crippen LogP contribution < -0.4 is 10.9 Å². The number of hydrogen-bond donors (Lipinski definition) is 1. The summed E-state index contributed by atoms with van der Waals surface area (Å²) in [4.78, 5) is 29.4. The van der Waals surface area contributed by atoms with E-state index in [0.717, 1.165) is 4.47 Å². The number of benzene rings is 2. The lowest BCUT2D eigenvalue weighted by atomic mass is 10.2. The van der Waals surface area contributed by atoms with Crippen LogP contribution in [0, 0.1) is 5.82 Å². The third-order valence-corrected chi connectivity index (χ3v) is 4.69. The lowest BCUT2D eigenvalue weighted by molar-refractivity contribution is -0.116. The second-order valence-electron chi connectivity index (χ2n) is 6.34. The molecule has 7 nitrogen and oxygen atoms in total. The smallest absolute Gasteiger partial charge is 0.263 e. The van der Waals surface area contributed by atoms with Gasteiger partial charge in [0.2, 0.25) is 11.7 Å². The van der Waals surface area contributed by atoms with Crippen molar-refractivity contribution in [1.82, 2.24) is 14.7 Å². The number of carbonyl (C=O) groups is 1. The second-order valence-corrected chi connectivity index (χ2v) is 7.26. The number of anilines is 1. The number of hydrogen-bond acceptors (Lipinski definition) is 5. The van der Waals surface area contributed by atoms with E-state index in [2.05, 4.69) is 31.4 Å². The number of rotatable bonds is 5. The topological polar surface area (TPSA) is 90.0 Å². The highest BCUT2D eigenvalue weighted by molar-refractivity contribution is 9.10. The molecule has 0 aliphatic heterocycles. The zero-order chi connectivity index (χ0) is 21.1. The van der Waals surface area contributed by atoms with E-state index in [1.54, 1.807) is 24.3 Å². The van der Waals surface area contributed by atoms with Gasteiger partial charge in [-0.1, -0.05) is 27.2 Å². The Morgan fingerprint density at radius 1 is 1.13 bits per heavy atom. The van der Waals surface area contributed by atoms with Crippen molar-refractivity contribution in [2.45, 2.75) is 6.54 Å². The monoisotopic (exact) mass is 468 g/mol. The van der Waals surface area contributed by atoms with Gasteiger partial charge >= 0.3 is 0 Å². The van der Waals surface area contributed by atoms with Crippen LogP contribution in [0.5, 0.6) is 0 Å². The summed E-state index contributed by atoms with van der Waals surface area (Å²) in [5.74, 6) is -0.493. The summed E-state index contributed by atoms with van der Waals surface area (Å²) >= 11 is 3.34. The van der Waals surface area contributed by atoms with Crippen molar-refractivity contribution in [1.29, 1.82) is 0 Å². The van der Waals surface area contributed by atoms with Crippen molar-refractivity contribution in [3.05, 3.63) is 87.5 Å². The molecule has 0 spiro atoms. The Morgan fingerprint density at radius 2 is 1.93 bits per heavy atom. The molecule has 30 heavy (non-hydrogen) atoms. The van der Waals surface area contributed by atoms with Gasteiger partial charge in [0.15, 0.2) is 0 Å². The lowest BCUT2D eigenvalue weighted by Gasteiger charge is -2.08. The van der Waals surface area contributed by atoms with Crippen LogP contribution >= 0.6 is 15.9 Å². The molecule has 2 aromatic heterocycles. The maximum Gasteiger partial charge on any atom is 0.263 e. The summed E-state index contributed by atoms with van der Waals surface area (Å²) in [7, 11) is 0. The molecule has 0 saturated carbocycles. The van der Waals surface area contributed by atoms with Crippen LogP contribution in [-0.4, -0.2) is 20.6 Å².